The third-order valence-corrected chi connectivity index (χ3v) is 3.09. The van der Waals surface area contributed by atoms with Crippen molar-refractivity contribution >= 4 is 34.0 Å². The van der Waals surface area contributed by atoms with Gasteiger partial charge in [-0.05, 0) is 36.7 Å². The molecule has 0 unspecified atom stereocenters. The van der Waals surface area contributed by atoms with E-state index in [1.165, 1.54) is 0 Å². The van der Waals surface area contributed by atoms with Gasteiger partial charge in [0.05, 0.1) is 24.0 Å². The highest BCUT2D eigenvalue weighted by Crippen LogP contribution is 2.28. The maximum atomic E-state index is 5.98. The van der Waals surface area contributed by atoms with E-state index in [1.54, 1.807) is 10.9 Å². The zero-order chi connectivity index (χ0) is 14.8. The van der Waals surface area contributed by atoms with Gasteiger partial charge >= 0.3 is 0 Å². The summed E-state index contributed by atoms with van der Waals surface area (Å²) in [5, 5.41) is 8.35. The van der Waals surface area contributed by atoms with E-state index in [-0.39, 0.29) is 5.28 Å². The minimum absolute atomic E-state index is 0.193. The molecule has 0 radical (unpaired) electrons. The fourth-order valence-corrected chi connectivity index (χ4v) is 2.23. The molecule has 0 aliphatic carbocycles. The molecule has 0 fully saturated rings. The number of anilines is 2. The van der Waals surface area contributed by atoms with Gasteiger partial charge in [-0.2, -0.15) is 10.1 Å². The van der Waals surface area contributed by atoms with Crippen molar-refractivity contribution in [1.82, 2.24) is 19.7 Å². The number of fused-ring (bicyclic) bond motifs is 1. The van der Waals surface area contributed by atoms with Crippen LogP contribution in [0.15, 0.2) is 30.6 Å². The second-order valence-electron chi connectivity index (χ2n) is 4.48. The molecular formula is C14H14ClN5O. The number of ether oxygens (including phenoxy) is 1. The number of benzene rings is 1. The molecule has 1 aromatic carbocycles. The first-order valence-electron chi connectivity index (χ1n) is 6.51. The van der Waals surface area contributed by atoms with Gasteiger partial charge in [0.15, 0.2) is 0 Å². The Balaban J connectivity index is 2.08. The lowest BCUT2D eigenvalue weighted by atomic mass is 10.2. The molecule has 21 heavy (non-hydrogen) atoms. The summed E-state index contributed by atoms with van der Waals surface area (Å²) in [6.07, 6.45) is 3.57. The van der Waals surface area contributed by atoms with Crippen LogP contribution >= 0.6 is 11.6 Å². The molecule has 0 bridgehead atoms. The van der Waals surface area contributed by atoms with Crippen LogP contribution in [0.2, 0.25) is 5.28 Å². The van der Waals surface area contributed by atoms with Gasteiger partial charge in [-0.25, -0.2) is 4.98 Å². The monoisotopic (exact) mass is 303 g/mol. The maximum absolute atomic E-state index is 5.98. The highest BCUT2D eigenvalue weighted by Gasteiger charge is 2.09. The zero-order valence-corrected chi connectivity index (χ0v) is 12.4. The average molecular weight is 304 g/mol. The largest absolute Gasteiger partial charge is 0.494 e. The Labute approximate surface area is 126 Å². The first-order valence-corrected chi connectivity index (χ1v) is 6.89. The predicted molar refractivity (Wildman–Crippen MR) is 82.2 cm³/mol. The third-order valence-electron chi connectivity index (χ3n) is 2.92. The number of aryl methyl sites for hydroxylation is 1. The van der Waals surface area contributed by atoms with Crippen LogP contribution in [0, 0.1) is 0 Å². The lowest BCUT2D eigenvalue weighted by Gasteiger charge is -2.09. The molecule has 6 nitrogen and oxygen atoms in total. The van der Waals surface area contributed by atoms with Gasteiger partial charge in [0, 0.05) is 18.6 Å². The van der Waals surface area contributed by atoms with Crippen molar-refractivity contribution in [3.05, 3.63) is 35.9 Å². The van der Waals surface area contributed by atoms with Crippen molar-refractivity contribution < 1.29 is 4.74 Å². The summed E-state index contributed by atoms with van der Waals surface area (Å²) in [5.74, 6) is 1.39. The van der Waals surface area contributed by atoms with Crippen LogP contribution < -0.4 is 10.1 Å². The summed E-state index contributed by atoms with van der Waals surface area (Å²) in [6.45, 7) is 2.54. The van der Waals surface area contributed by atoms with E-state index in [9.17, 15) is 0 Å². The molecule has 2 aromatic heterocycles. The Bertz CT molecular complexity index is 786. The van der Waals surface area contributed by atoms with Gasteiger partial charge in [-0.3, -0.25) is 4.68 Å². The van der Waals surface area contributed by atoms with Gasteiger partial charge in [-0.15, -0.1) is 0 Å². The van der Waals surface area contributed by atoms with Crippen LogP contribution in [0.4, 0.5) is 11.5 Å². The van der Waals surface area contributed by atoms with Crippen molar-refractivity contribution in [3.63, 3.8) is 0 Å². The van der Waals surface area contributed by atoms with Crippen LogP contribution in [0.25, 0.3) is 10.9 Å². The van der Waals surface area contributed by atoms with E-state index < -0.39 is 0 Å². The molecule has 0 saturated heterocycles. The van der Waals surface area contributed by atoms with Crippen molar-refractivity contribution in [1.29, 1.82) is 0 Å². The minimum Gasteiger partial charge on any atom is -0.494 e. The highest BCUT2D eigenvalue weighted by atomic mass is 35.5. The number of halogens is 1. The van der Waals surface area contributed by atoms with Crippen molar-refractivity contribution in [2.75, 3.05) is 11.9 Å². The molecular weight excluding hydrogens is 290 g/mol. The van der Waals surface area contributed by atoms with E-state index >= 15 is 0 Å². The van der Waals surface area contributed by atoms with Crippen molar-refractivity contribution in [3.8, 4) is 5.75 Å². The normalized spacial score (nSPS) is 10.8. The molecule has 0 aliphatic rings. The molecule has 0 amide bonds. The quantitative estimate of drug-likeness (QED) is 0.750. The van der Waals surface area contributed by atoms with Gasteiger partial charge in [0.25, 0.3) is 0 Å². The molecule has 3 aromatic rings. The van der Waals surface area contributed by atoms with Crippen LogP contribution in [0.1, 0.15) is 6.92 Å². The molecule has 7 heteroatoms. The summed E-state index contributed by atoms with van der Waals surface area (Å²) in [7, 11) is 1.85. The molecule has 0 saturated carbocycles. The van der Waals surface area contributed by atoms with Crippen LogP contribution in [-0.4, -0.2) is 26.4 Å². The van der Waals surface area contributed by atoms with Crippen LogP contribution in [0.5, 0.6) is 5.75 Å². The van der Waals surface area contributed by atoms with E-state index in [1.807, 2.05) is 38.4 Å². The molecule has 2 heterocycles. The molecule has 3 rings (SSSR count). The summed E-state index contributed by atoms with van der Waals surface area (Å²) in [5.41, 5.74) is 1.58. The Morgan fingerprint density at radius 3 is 2.90 bits per heavy atom. The predicted octanol–water partition coefficient (Wildman–Crippen LogP) is 3.16. The minimum atomic E-state index is 0.193. The molecule has 0 aliphatic heterocycles. The summed E-state index contributed by atoms with van der Waals surface area (Å²) in [4.78, 5) is 8.48. The topological polar surface area (TPSA) is 64.9 Å². The van der Waals surface area contributed by atoms with Gasteiger partial charge in [0.2, 0.25) is 5.28 Å². The Kier molecular flexibility index (Phi) is 3.62. The third kappa shape index (κ3) is 2.90. The summed E-state index contributed by atoms with van der Waals surface area (Å²) >= 11 is 5.98. The number of nitrogens with one attached hydrogen (secondary N) is 1. The van der Waals surface area contributed by atoms with Crippen LogP contribution in [-0.2, 0) is 7.05 Å². The van der Waals surface area contributed by atoms with E-state index in [2.05, 4.69) is 20.4 Å². The smallest absolute Gasteiger partial charge is 0.224 e. The SMILES string of the molecule is CCOc1ccc2nc(Cl)nc(Nc3cnn(C)c3)c2c1. The Morgan fingerprint density at radius 2 is 2.19 bits per heavy atom. The van der Waals surface area contributed by atoms with Crippen LogP contribution in [0.3, 0.4) is 0 Å². The lowest BCUT2D eigenvalue weighted by Crippen LogP contribution is -1.98. The molecule has 0 spiro atoms. The van der Waals surface area contributed by atoms with Gasteiger partial charge in [0.1, 0.15) is 11.6 Å². The fraction of sp³-hybridized carbons (Fsp3) is 0.214. The summed E-state index contributed by atoms with van der Waals surface area (Å²) in [6, 6.07) is 5.62. The standard InChI is InChI=1S/C14H14ClN5O/c1-3-21-10-4-5-12-11(6-10)13(19-14(15)18-12)17-9-7-16-20(2)8-9/h4-8H,3H2,1-2H3,(H,17,18,19). The van der Waals surface area contributed by atoms with Gasteiger partial charge in [-0.1, -0.05) is 0 Å². The first-order chi connectivity index (χ1) is 10.2. The average Bonchev–Trinajstić information content (AvgIpc) is 2.85. The van der Waals surface area contributed by atoms with Gasteiger partial charge < -0.3 is 10.1 Å². The van der Waals surface area contributed by atoms with Crippen molar-refractivity contribution in [2.45, 2.75) is 6.92 Å². The van der Waals surface area contributed by atoms with E-state index in [0.29, 0.717) is 12.4 Å². The maximum Gasteiger partial charge on any atom is 0.224 e. The summed E-state index contributed by atoms with van der Waals surface area (Å²) < 4.78 is 7.23. The highest BCUT2D eigenvalue weighted by molar-refractivity contribution is 6.28. The van der Waals surface area contributed by atoms with Crippen molar-refractivity contribution in [2.24, 2.45) is 7.05 Å². The molecule has 108 valence electrons. The number of rotatable bonds is 4. The van der Waals surface area contributed by atoms with E-state index in [4.69, 9.17) is 16.3 Å². The zero-order valence-electron chi connectivity index (χ0n) is 11.7. The second kappa shape index (κ2) is 5.57. The Morgan fingerprint density at radius 1 is 1.33 bits per heavy atom. The number of hydrogen-bond donors (Lipinski definition) is 1. The Hall–Kier alpha value is -2.34. The number of hydrogen-bond acceptors (Lipinski definition) is 5. The first kappa shape index (κ1) is 13.6. The fourth-order valence-electron chi connectivity index (χ4n) is 2.05. The van der Waals surface area contributed by atoms with E-state index in [0.717, 1.165) is 22.3 Å². The second-order valence-corrected chi connectivity index (χ2v) is 4.82. The molecule has 0 atom stereocenters. The lowest BCUT2D eigenvalue weighted by molar-refractivity contribution is 0.340. The number of aromatic nitrogens is 4. The number of nitrogens with zero attached hydrogens (tertiary/aromatic N) is 4. The molecule has 1 N–H and O–H groups in total.